The molecule has 2 aromatic carbocycles. The molecule has 2 bridgehead atoms. The number of rotatable bonds is 1. The van der Waals surface area contributed by atoms with Gasteiger partial charge in [0.1, 0.15) is 5.75 Å². The number of hydrogen-bond acceptors (Lipinski definition) is 2. The molecule has 3 aliphatic carbocycles. The summed E-state index contributed by atoms with van der Waals surface area (Å²) in [5, 5.41) is 0. The van der Waals surface area contributed by atoms with Crippen molar-refractivity contribution >= 4 is 0 Å². The van der Waals surface area contributed by atoms with Crippen molar-refractivity contribution < 1.29 is 9.47 Å². The minimum Gasteiger partial charge on any atom is -0.497 e. The first kappa shape index (κ1) is 10.0. The largest absolute Gasteiger partial charge is 0.497 e. The molecule has 2 aromatic rings. The van der Waals surface area contributed by atoms with Gasteiger partial charge >= 0.3 is 0 Å². The maximum absolute atomic E-state index is 5.96. The molecule has 4 atom stereocenters. The summed E-state index contributed by atoms with van der Waals surface area (Å²) in [5.41, 5.74) is 5.75. The van der Waals surface area contributed by atoms with Crippen LogP contribution >= 0.6 is 0 Å². The summed E-state index contributed by atoms with van der Waals surface area (Å²) < 4.78 is 11.3. The molecule has 0 spiro atoms. The molecule has 2 nitrogen and oxygen atoms in total. The molecule has 0 unspecified atom stereocenters. The van der Waals surface area contributed by atoms with Gasteiger partial charge in [-0.1, -0.05) is 30.3 Å². The Labute approximate surface area is 112 Å². The topological polar surface area (TPSA) is 21.8 Å². The van der Waals surface area contributed by atoms with Gasteiger partial charge in [-0.05, 0) is 34.4 Å². The molecular formula is C17H14O2. The van der Waals surface area contributed by atoms with Crippen LogP contribution in [0.3, 0.4) is 0 Å². The van der Waals surface area contributed by atoms with Crippen molar-refractivity contribution in [2.45, 2.75) is 24.0 Å². The summed E-state index contributed by atoms with van der Waals surface area (Å²) in [6.07, 6.45) is 0.792. The minimum absolute atomic E-state index is 0.388. The number of epoxide rings is 1. The Morgan fingerprint density at radius 3 is 2.16 bits per heavy atom. The molecule has 4 aliphatic rings. The van der Waals surface area contributed by atoms with Gasteiger partial charge in [-0.2, -0.15) is 0 Å². The SMILES string of the molecule is COc1ccc2c(c1)[C@@H]1c3ccccc3[C@H]2[C@@H]2O[C@@H]12. The molecule has 1 heterocycles. The van der Waals surface area contributed by atoms with E-state index in [0.717, 1.165) is 5.75 Å². The van der Waals surface area contributed by atoms with Crippen molar-refractivity contribution in [1.29, 1.82) is 0 Å². The Bertz CT molecular complexity index is 691. The van der Waals surface area contributed by atoms with Gasteiger partial charge in [0.15, 0.2) is 0 Å². The lowest BCUT2D eigenvalue weighted by Gasteiger charge is -2.37. The van der Waals surface area contributed by atoms with E-state index in [1.165, 1.54) is 22.3 Å². The lowest BCUT2D eigenvalue weighted by atomic mass is 9.64. The molecule has 19 heavy (non-hydrogen) atoms. The zero-order chi connectivity index (χ0) is 12.6. The van der Waals surface area contributed by atoms with Crippen molar-refractivity contribution in [3.63, 3.8) is 0 Å². The van der Waals surface area contributed by atoms with Crippen molar-refractivity contribution in [2.75, 3.05) is 7.11 Å². The first-order valence-electron chi connectivity index (χ1n) is 6.80. The highest BCUT2D eigenvalue weighted by atomic mass is 16.6. The third-order valence-corrected chi connectivity index (χ3v) is 4.85. The van der Waals surface area contributed by atoms with Gasteiger partial charge in [0.25, 0.3) is 0 Å². The molecule has 0 amide bonds. The number of ether oxygens (including phenoxy) is 2. The third kappa shape index (κ3) is 1.11. The van der Waals surface area contributed by atoms with E-state index in [4.69, 9.17) is 9.47 Å². The van der Waals surface area contributed by atoms with E-state index in [1.54, 1.807) is 7.11 Å². The lowest BCUT2D eigenvalue weighted by Crippen LogP contribution is -2.31. The molecule has 1 fully saturated rings. The van der Waals surface area contributed by atoms with E-state index in [1.807, 2.05) is 0 Å². The minimum atomic E-state index is 0.388. The highest BCUT2D eigenvalue weighted by molar-refractivity contribution is 5.60. The quantitative estimate of drug-likeness (QED) is 0.726. The smallest absolute Gasteiger partial charge is 0.119 e. The normalized spacial score (nSPS) is 32.3. The van der Waals surface area contributed by atoms with Crippen molar-refractivity contribution in [2.24, 2.45) is 0 Å². The van der Waals surface area contributed by atoms with Gasteiger partial charge in [0, 0.05) is 11.8 Å². The standard InChI is InChI=1S/C17H14O2/c1-18-9-6-7-12-13(8-9)15-11-5-3-2-4-10(11)14(12)16-17(15)19-16/h2-8,14-17H,1H3/t14-,15+,16+,17+/m1/s1. The Kier molecular flexibility index (Phi) is 1.69. The summed E-state index contributed by atoms with van der Waals surface area (Å²) in [6.45, 7) is 0. The van der Waals surface area contributed by atoms with E-state index in [2.05, 4.69) is 42.5 Å². The number of benzene rings is 2. The predicted octanol–water partition coefficient (Wildman–Crippen LogP) is 3.05. The summed E-state index contributed by atoms with van der Waals surface area (Å²) in [5.74, 6) is 1.77. The average Bonchev–Trinajstić information content (AvgIpc) is 3.26. The fourth-order valence-corrected chi connectivity index (χ4v) is 4.03. The fraction of sp³-hybridized carbons (Fsp3) is 0.294. The van der Waals surface area contributed by atoms with Crippen LogP contribution < -0.4 is 4.74 Å². The molecule has 0 aromatic heterocycles. The van der Waals surface area contributed by atoms with E-state index >= 15 is 0 Å². The van der Waals surface area contributed by atoms with E-state index in [9.17, 15) is 0 Å². The number of hydrogen-bond donors (Lipinski definition) is 0. The zero-order valence-corrected chi connectivity index (χ0v) is 10.7. The summed E-state index contributed by atoms with van der Waals surface area (Å²) >= 11 is 0. The van der Waals surface area contributed by atoms with Crippen LogP contribution in [0.4, 0.5) is 0 Å². The van der Waals surface area contributed by atoms with E-state index < -0.39 is 0 Å². The highest BCUT2D eigenvalue weighted by Gasteiger charge is 2.60. The maximum atomic E-state index is 5.96. The summed E-state index contributed by atoms with van der Waals surface area (Å²) in [6, 6.07) is 15.3. The zero-order valence-electron chi connectivity index (χ0n) is 10.7. The second kappa shape index (κ2) is 3.20. The Morgan fingerprint density at radius 2 is 1.47 bits per heavy atom. The van der Waals surface area contributed by atoms with Gasteiger partial charge in [0.2, 0.25) is 0 Å². The van der Waals surface area contributed by atoms with Gasteiger partial charge in [0.05, 0.1) is 19.3 Å². The first-order chi connectivity index (χ1) is 9.38. The molecule has 6 rings (SSSR count). The van der Waals surface area contributed by atoms with Crippen LogP contribution in [0.2, 0.25) is 0 Å². The first-order valence-corrected chi connectivity index (χ1v) is 6.80. The van der Waals surface area contributed by atoms with E-state index in [-0.39, 0.29) is 0 Å². The van der Waals surface area contributed by atoms with Crippen LogP contribution in [-0.2, 0) is 4.74 Å². The molecule has 0 N–H and O–H groups in total. The highest BCUT2D eigenvalue weighted by Crippen LogP contribution is 2.61. The fourth-order valence-electron chi connectivity index (χ4n) is 4.03. The molecule has 0 radical (unpaired) electrons. The monoisotopic (exact) mass is 250 g/mol. The molecule has 94 valence electrons. The average molecular weight is 250 g/mol. The van der Waals surface area contributed by atoms with Gasteiger partial charge < -0.3 is 9.47 Å². The lowest BCUT2D eigenvalue weighted by molar-refractivity contribution is 0.364. The van der Waals surface area contributed by atoms with E-state index in [0.29, 0.717) is 24.0 Å². The molecular weight excluding hydrogens is 236 g/mol. The summed E-state index contributed by atoms with van der Waals surface area (Å²) in [4.78, 5) is 0. The second-order valence-electron chi connectivity index (χ2n) is 5.64. The molecule has 1 saturated heterocycles. The number of methoxy groups -OCH3 is 1. The Morgan fingerprint density at radius 1 is 0.842 bits per heavy atom. The van der Waals surface area contributed by atoms with Crippen molar-refractivity contribution in [1.82, 2.24) is 0 Å². The van der Waals surface area contributed by atoms with Crippen LogP contribution in [0, 0.1) is 0 Å². The third-order valence-electron chi connectivity index (χ3n) is 4.85. The molecule has 2 heteroatoms. The predicted molar refractivity (Wildman–Crippen MR) is 71.8 cm³/mol. The van der Waals surface area contributed by atoms with Crippen molar-refractivity contribution in [3.05, 3.63) is 64.7 Å². The van der Waals surface area contributed by atoms with Gasteiger partial charge in [-0.25, -0.2) is 0 Å². The van der Waals surface area contributed by atoms with Crippen LogP contribution in [0.15, 0.2) is 42.5 Å². The Hall–Kier alpha value is -1.80. The van der Waals surface area contributed by atoms with Crippen LogP contribution in [0.1, 0.15) is 34.1 Å². The van der Waals surface area contributed by atoms with Gasteiger partial charge in [-0.15, -0.1) is 0 Å². The van der Waals surface area contributed by atoms with Crippen LogP contribution in [0.25, 0.3) is 0 Å². The van der Waals surface area contributed by atoms with Gasteiger partial charge in [-0.3, -0.25) is 0 Å². The molecule has 0 saturated carbocycles. The van der Waals surface area contributed by atoms with Crippen LogP contribution in [-0.4, -0.2) is 19.3 Å². The molecule has 1 aliphatic heterocycles. The maximum Gasteiger partial charge on any atom is 0.119 e. The Balaban J connectivity index is 1.80. The van der Waals surface area contributed by atoms with Crippen LogP contribution in [0.5, 0.6) is 5.75 Å². The second-order valence-corrected chi connectivity index (χ2v) is 5.64. The summed E-state index contributed by atoms with van der Waals surface area (Å²) in [7, 11) is 1.73. The van der Waals surface area contributed by atoms with Crippen molar-refractivity contribution in [3.8, 4) is 5.75 Å².